The van der Waals surface area contributed by atoms with Gasteiger partial charge < -0.3 is 19.7 Å². The highest BCUT2D eigenvalue weighted by Gasteiger charge is 2.36. The van der Waals surface area contributed by atoms with E-state index in [0.29, 0.717) is 11.3 Å². The van der Waals surface area contributed by atoms with Gasteiger partial charge in [-0.15, -0.1) is 0 Å². The highest BCUT2D eigenvalue weighted by Crippen LogP contribution is 2.36. The Morgan fingerprint density at radius 1 is 0.830 bits per heavy atom. The second kappa shape index (κ2) is 15.1. The smallest absolute Gasteiger partial charge is 0.264 e. The molecule has 0 saturated carbocycles. The van der Waals surface area contributed by atoms with E-state index in [-0.39, 0.29) is 29.3 Å². The maximum Gasteiger partial charge on any atom is 0.264 e. The molecule has 0 fully saturated rings. The molecule has 4 aromatic rings. The lowest BCUT2D eigenvalue weighted by Crippen LogP contribution is -2.56. The van der Waals surface area contributed by atoms with Gasteiger partial charge in [-0.2, -0.15) is 0 Å². The van der Waals surface area contributed by atoms with Crippen molar-refractivity contribution >= 4 is 27.5 Å². The molecule has 0 saturated heterocycles. The average Bonchev–Trinajstić information content (AvgIpc) is 3.05. The predicted octanol–water partition coefficient (Wildman–Crippen LogP) is 5.59. The molecule has 0 aliphatic rings. The topological polar surface area (TPSA) is 105 Å². The van der Waals surface area contributed by atoms with Crippen LogP contribution in [0.1, 0.15) is 31.9 Å². The molecule has 248 valence electrons. The van der Waals surface area contributed by atoms with Crippen LogP contribution in [-0.2, 0) is 32.6 Å². The molecule has 47 heavy (non-hydrogen) atoms. The lowest BCUT2D eigenvalue weighted by molar-refractivity contribution is -0.140. The Kier molecular flexibility index (Phi) is 11.3. The van der Waals surface area contributed by atoms with Crippen LogP contribution in [0.3, 0.4) is 0 Å². The Hall–Kier alpha value is -4.90. The van der Waals surface area contributed by atoms with E-state index in [2.05, 4.69) is 5.32 Å². The summed E-state index contributed by atoms with van der Waals surface area (Å²) in [4.78, 5) is 29.9. The van der Waals surface area contributed by atoms with Gasteiger partial charge in [0.25, 0.3) is 10.0 Å². The Morgan fingerprint density at radius 3 is 2.02 bits per heavy atom. The third-order valence-corrected chi connectivity index (χ3v) is 9.07. The van der Waals surface area contributed by atoms with Crippen molar-refractivity contribution in [2.45, 2.75) is 50.2 Å². The van der Waals surface area contributed by atoms with E-state index in [9.17, 15) is 22.4 Å². The van der Waals surface area contributed by atoms with Crippen LogP contribution in [0.5, 0.6) is 11.5 Å². The first-order chi connectivity index (χ1) is 22.3. The van der Waals surface area contributed by atoms with Crippen molar-refractivity contribution in [3.05, 3.63) is 120 Å². The van der Waals surface area contributed by atoms with Gasteiger partial charge in [0.1, 0.15) is 29.9 Å². The molecule has 0 heterocycles. The lowest BCUT2D eigenvalue weighted by Gasteiger charge is -2.35. The Bertz CT molecular complexity index is 1760. The molecule has 4 aromatic carbocycles. The van der Waals surface area contributed by atoms with Crippen LogP contribution in [0.4, 0.5) is 10.1 Å². The minimum Gasteiger partial charge on any atom is -0.497 e. The molecule has 11 heteroatoms. The summed E-state index contributed by atoms with van der Waals surface area (Å²) in [6.07, 6.45) is 0.142. The van der Waals surface area contributed by atoms with Gasteiger partial charge in [0, 0.05) is 24.6 Å². The number of hydrogen-bond donors (Lipinski definition) is 1. The van der Waals surface area contributed by atoms with Gasteiger partial charge in [0.05, 0.1) is 24.8 Å². The minimum absolute atomic E-state index is 0.0472. The molecule has 4 rings (SSSR count). The van der Waals surface area contributed by atoms with E-state index < -0.39 is 45.8 Å². The van der Waals surface area contributed by atoms with E-state index in [1.54, 1.807) is 30.3 Å². The van der Waals surface area contributed by atoms with Crippen LogP contribution in [0.25, 0.3) is 0 Å². The van der Waals surface area contributed by atoms with Gasteiger partial charge in [-0.3, -0.25) is 13.9 Å². The van der Waals surface area contributed by atoms with Gasteiger partial charge in [-0.25, -0.2) is 12.8 Å². The molecule has 0 bridgehead atoms. The van der Waals surface area contributed by atoms with E-state index in [1.165, 1.54) is 61.6 Å². The molecule has 0 aliphatic heterocycles. The number of carbonyl (C=O) groups excluding carboxylic acids is 2. The Labute approximate surface area is 276 Å². The zero-order valence-electron chi connectivity index (χ0n) is 27.1. The van der Waals surface area contributed by atoms with E-state index in [1.807, 2.05) is 51.1 Å². The second-order valence-corrected chi connectivity index (χ2v) is 13.8. The number of nitrogens with one attached hydrogen (secondary N) is 1. The van der Waals surface area contributed by atoms with Crippen molar-refractivity contribution in [3.63, 3.8) is 0 Å². The summed E-state index contributed by atoms with van der Waals surface area (Å²) in [5, 5.41) is 2.98. The number of carbonyl (C=O) groups is 2. The number of amides is 2. The van der Waals surface area contributed by atoms with Crippen molar-refractivity contribution in [3.8, 4) is 11.5 Å². The number of sulfonamides is 1. The van der Waals surface area contributed by atoms with Gasteiger partial charge in [0.15, 0.2) is 0 Å². The first-order valence-corrected chi connectivity index (χ1v) is 16.5. The van der Waals surface area contributed by atoms with E-state index in [4.69, 9.17) is 9.47 Å². The number of halogens is 1. The third kappa shape index (κ3) is 9.10. The highest BCUT2D eigenvalue weighted by atomic mass is 32.2. The second-order valence-electron chi connectivity index (χ2n) is 12.0. The van der Waals surface area contributed by atoms with Crippen molar-refractivity contribution in [2.24, 2.45) is 0 Å². The summed E-state index contributed by atoms with van der Waals surface area (Å²) in [7, 11) is -1.51. The summed E-state index contributed by atoms with van der Waals surface area (Å²) in [5.74, 6) is -1.01. The minimum atomic E-state index is -4.35. The van der Waals surface area contributed by atoms with Crippen LogP contribution in [-0.4, -0.2) is 57.5 Å². The van der Waals surface area contributed by atoms with Gasteiger partial charge in [0.2, 0.25) is 11.8 Å². The number of hydrogen-bond acceptors (Lipinski definition) is 6. The number of nitrogens with zero attached hydrogens (tertiary/aromatic N) is 2. The van der Waals surface area contributed by atoms with Crippen LogP contribution in [0.2, 0.25) is 0 Å². The summed E-state index contributed by atoms with van der Waals surface area (Å²) >= 11 is 0. The van der Waals surface area contributed by atoms with Gasteiger partial charge in [-0.1, -0.05) is 60.7 Å². The van der Waals surface area contributed by atoms with Crippen LogP contribution >= 0.6 is 0 Å². The first-order valence-electron chi connectivity index (χ1n) is 15.0. The highest BCUT2D eigenvalue weighted by molar-refractivity contribution is 7.92. The summed E-state index contributed by atoms with van der Waals surface area (Å²) < 4.78 is 54.3. The quantitative estimate of drug-likeness (QED) is 0.200. The van der Waals surface area contributed by atoms with Crippen LogP contribution in [0, 0.1) is 5.82 Å². The molecular weight excluding hydrogens is 621 g/mol. The molecule has 1 N–H and O–H groups in total. The largest absolute Gasteiger partial charge is 0.497 e. The SMILES string of the molecule is COc1ccc(OC)c(N(CC(=O)N(Cc2ccc(F)cc2)[C@@H](Cc2ccccc2)C(=O)NC(C)(C)C)S(=O)(=O)c2ccccc2)c1. The lowest BCUT2D eigenvalue weighted by atomic mass is 10.0. The van der Waals surface area contributed by atoms with Crippen LogP contribution < -0.4 is 19.1 Å². The summed E-state index contributed by atoms with van der Waals surface area (Å²) in [5.41, 5.74) is 0.789. The molecular formula is C36H40FN3O6S. The molecule has 1 atom stereocenters. The number of ether oxygens (including phenoxy) is 2. The zero-order chi connectivity index (χ0) is 34.2. The van der Waals surface area contributed by atoms with Crippen LogP contribution in [0.15, 0.2) is 108 Å². The standard InChI is InChI=1S/C36H40FN3O6S/c1-36(2,3)38-35(42)32(22-26-12-8-6-9-13-26)39(24-27-16-18-28(37)19-17-27)34(41)25-40(47(43,44)30-14-10-7-11-15-30)31-23-29(45-4)20-21-33(31)46-5/h6-21,23,32H,22,24-25H2,1-5H3,(H,38,42)/t32-/m0/s1. The van der Waals surface area contributed by atoms with Gasteiger partial charge in [-0.05, 0) is 68.3 Å². The maximum atomic E-state index is 14.6. The molecule has 0 aliphatic carbocycles. The Balaban J connectivity index is 1.87. The number of rotatable bonds is 13. The first kappa shape index (κ1) is 35.0. The van der Waals surface area contributed by atoms with Crippen molar-refractivity contribution in [2.75, 3.05) is 25.1 Å². The molecule has 2 amide bonds. The maximum absolute atomic E-state index is 14.6. The zero-order valence-corrected chi connectivity index (χ0v) is 28.0. The number of benzene rings is 4. The fourth-order valence-corrected chi connectivity index (χ4v) is 6.46. The Morgan fingerprint density at radius 2 is 1.45 bits per heavy atom. The molecule has 9 nitrogen and oxygen atoms in total. The monoisotopic (exact) mass is 661 g/mol. The van der Waals surface area contributed by atoms with Crippen molar-refractivity contribution in [1.82, 2.24) is 10.2 Å². The number of methoxy groups -OCH3 is 2. The molecule has 0 aromatic heterocycles. The van der Waals surface area contributed by atoms with Gasteiger partial charge >= 0.3 is 0 Å². The van der Waals surface area contributed by atoms with E-state index >= 15 is 0 Å². The molecule has 0 radical (unpaired) electrons. The summed E-state index contributed by atoms with van der Waals surface area (Å²) in [6.45, 7) is 4.72. The number of anilines is 1. The molecule has 0 spiro atoms. The average molecular weight is 662 g/mol. The van der Waals surface area contributed by atoms with Crippen molar-refractivity contribution in [1.29, 1.82) is 0 Å². The predicted molar refractivity (Wildman–Crippen MR) is 179 cm³/mol. The fourth-order valence-electron chi connectivity index (χ4n) is 5.02. The van der Waals surface area contributed by atoms with Crippen molar-refractivity contribution < 1.29 is 31.9 Å². The molecule has 0 unspecified atom stereocenters. The van der Waals surface area contributed by atoms with E-state index in [0.717, 1.165) is 9.87 Å². The summed E-state index contributed by atoms with van der Waals surface area (Å²) in [6, 6.07) is 26.1. The third-order valence-electron chi connectivity index (χ3n) is 7.30. The normalized spacial score (nSPS) is 12.1. The fraction of sp³-hybridized carbons (Fsp3) is 0.278.